The fourth-order valence-electron chi connectivity index (χ4n) is 4.30. The fourth-order valence-corrected chi connectivity index (χ4v) is 4.30. The lowest BCUT2D eigenvalue weighted by Crippen LogP contribution is -2.41. The van der Waals surface area contributed by atoms with E-state index in [9.17, 15) is 5.11 Å². The van der Waals surface area contributed by atoms with Gasteiger partial charge in [-0.05, 0) is 49.3 Å². The van der Waals surface area contributed by atoms with Crippen molar-refractivity contribution >= 4 is 0 Å². The van der Waals surface area contributed by atoms with Crippen molar-refractivity contribution in [1.82, 2.24) is 5.48 Å². The van der Waals surface area contributed by atoms with Gasteiger partial charge in [0.25, 0.3) is 0 Å². The van der Waals surface area contributed by atoms with Crippen LogP contribution in [-0.4, -0.2) is 39.5 Å². The van der Waals surface area contributed by atoms with E-state index in [0.717, 1.165) is 30.6 Å². The maximum Gasteiger partial charge on any atom is 0.188 e. The molecule has 0 bridgehead atoms. The van der Waals surface area contributed by atoms with E-state index in [-0.39, 0.29) is 30.1 Å². The van der Waals surface area contributed by atoms with Crippen LogP contribution >= 0.6 is 0 Å². The lowest BCUT2D eigenvalue weighted by molar-refractivity contribution is -0.0959. The quantitative estimate of drug-likeness (QED) is 0.565. The Morgan fingerprint density at radius 3 is 2.78 bits per heavy atom. The maximum atomic E-state index is 9.95. The van der Waals surface area contributed by atoms with Gasteiger partial charge in [-0.2, -0.15) is 5.48 Å². The molecule has 0 radical (unpaired) electrons. The molecule has 0 spiro atoms. The lowest BCUT2D eigenvalue weighted by atomic mass is 9.82. The van der Waals surface area contributed by atoms with Crippen molar-refractivity contribution < 1.29 is 24.2 Å². The third-order valence-corrected chi connectivity index (χ3v) is 5.30. The third-order valence-electron chi connectivity index (χ3n) is 5.30. The fraction of sp³-hybridized carbons (Fsp3) is 0.647. The van der Waals surface area contributed by atoms with Gasteiger partial charge in [-0.1, -0.05) is 0 Å². The first kappa shape index (κ1) is 16.5. The van der Waals surface area contributed by atoms with Gasteiger partial charge in [-0.15, -0.1) is 0 Å². The van der Waals surface area contributed by atoms with E-state index >= 15 is 0 Å². The predicted octanol–water partition coefficient (Wildman–Crippen LogP) is 2.38. The van der Waals surface area contributed by atoms with Crippen LogP contribution in [0.5, 0.6) is 11.5 Å². The van der Waals surface area contributed by atoms with E-state index in [4.69, 9.17) is 19.0 Å². The van der Waals surface area contributed by atoms with Gasteiger partial charge in [0, 0.05) is 25.2 Å². The van der Waals surface area contributed by atoms with Gasteiger partial charge in [0.2, 0.25) is 0 Å². The molecular formula is C17H25NO5. The molecule has 0 heterocycles. The minimum Gasteiger partial charge on any atom is -0.508 e. The van der Waals surface area contributed by atoms with Crippen molar-refractivity contribution in [2.75, 3.05) is 28.1 Å². The van der Waals surface area contributed by atoms with E-state index in [0.29, 0.717) is 5.92 Å². The van der Waals surface area contributed by atoms with E-state index < -0.39 is 0 Å². The predicted molar refractivity (Wildman–Crippen MR) is 84.1 cm³/mol. The Morgan fingerprint density at radius 1 is 1.30 bits per heavy atom. The molecule has 4 atom stereocenters. The average molecular weight is 323 g/mol. The van der Waals surface area contributed by atoms with E-state index in [1.54, 1.807) is 39.5 Å². The highest BCUT2D eigenvalue weighted by Gasteiger charge is 2.67. The molecule has 23 heavy (non-hydrogen) atoms. The van der Waals surface area contributed by atoms with Gasteiger partial charge in [-0.3, -0.25) is 0 Å². The van der Waals surface area contributed by atoms with Crippen molar-refractivity contribution in [2.24, 2.45) is 11.3 Å². The van der Waals surface area contributed by atoms with Gasteiger partial charge in [0.05, 0.1) is 7.11 Å². The summed E-state index contributed by atoms with van der Waals surface area (Å²) in [5.74, 6) is 1.86. The van der Waals surface area contributed by atoms with Gasteiger partial charge >= 0.3 is 0 Å². The molecular weight excluding hydrogens is 298 g/mol. The Hall–Kier alpha value is -1.34. The summed E-state index contributed by atoms with van der Waals surface area (Å²) in [7, 11) is 4.89. The molecule has 128 valence electrons. The number of ether oxygens (including phenoxy) is 3. The zero-order valence-electron chi connectivity index (χ0n) is 13.9. The molecule has 6 nitrogen and oxygen atoms in total. The van der Waals surface area contributed by atoms with Crippen LogP contribution in [0.1, 0.15) is 30.7 Å². The van der Waals surface area contributed by atoms with Crippen LogP contribution < -0.4 is 10.2 Å². The maximum absolute atomic E-state index is 9.95. The van der Waals surface area contributed by atoms with Crippen LogP contribution in [0.3, 0.4) is 0 Å². The molecule has 2 fully saturated rings. The Morgan fingerprint density at radius 2 is 2.13 bits per heavy atom. The number of hydrogen-bond donors (Lipinski definition) is 2. The molecule has 2 aliphatic rings. The summed E-state index contributed by atoms with van der Waals surface area (Å²) in [4.78, 5) is 5.13. The Labute approximate surface area is 136 Å². The van der Waals surface area contributed by atoms with Crippen LogP contribution in [0.4, 0.5) is 0 Å². The number of aromatic hydroxyl groups is 1. The van der Waals surface area contributed by atoms with Gasteiger partial charge in [0.1, 0.15) is 17.7 Å². The highest BCUT2D eigenvalue weighted by Crippen LogP contribution is 2.72. The minimum absolute atomic E-state index is 0.0102. The Kier molecular flexibility index (Phi) is 4.77. The number of benzene rings is 1. The lowest BCUT2D eigenvalue weighted by Gasteiger charge is -2.32. The van der Waals surface area contributed by atoms with Crippen LogP contribution in [0.15, 0.2) is 18.2 Å². The Bertz CT molecular complexity index is 552. The van der Waals surface area contributed by atoms with Gasteiger partial charge in [0.15, 0.2) is 6.79 Å². The molecule has 1 aromatic rings. The molecule has 2 saturated carbocycles. The second kappa shape index (κ2) is 6.65. The number of hydroxylamine groups is 1. The number of phenols is 1. The van der Waals surface area contributed by atoms with Crippen molar-refractivity contribution in [3.8, 4) is 11.5 Å². The first-order chi connectivity index (χ1) is 11.2. The van der Waals surface area contributed by atoms with Crippen molar-refractivity contribution in [3.63, 3.8) is 0 Å². The zero-order chi connectivity index (χ0) is 16.4. The zero-order valence-corrected chi connectivity index (χ0v) is 13.9. The molecule has 2 aliphatic carbocycles. The average Bonchev–Trinajstić information content (AvgIpc) is 3.17. The molecule has 2 N–H and O–H groups in total. The third kappa shape index (κ3) is 2.80. The van der Waals surface area contributed by atoms with Crippen LogP contribution in [0.2, 0.25) is 0 Å². The number of fused-ring (bicyclic) bond motifs is 1. The normalized spacial score (nSPS) is 30.0. The molecule has 1 aromatic carbocycles. The van der Waals surface area contributed by atoms with Crippen LogP contribution in [-0.2, 0) is 14.3 Å². The van der Waals surface area contributed by atoms with E-state index in [1.165, 1.54) is 0 Å². The van der Waals surface area contributed by atoms with E-state index in [1.807, 2.05) is 0 Å². The highest BCUT2D eigenvalue weighted by molar-refractivity contribution is 5.45. The highest BCUT2D eigenvalue weighted by atomic mass is 16.7. The summed E-state index contributed by atoms with van der Waals surface area (Å²) in [5.41, 5.74) is 3.99. The largest absolute Gasteiger partial charge is 0.508 e. The smallest absolute Gasteiger partial charge is 0.188 e. The minimum atomic E-state index is -0.178. The second-order valence-electron chi connectivity index (χ2n) is 6.35. The van der Waals surface area contributed by atoms with Crippen molar-refractivity contribution in [2.45, 2.75) is 31.4 Å². The summed E-state index contributed by atoms with van der Waals surface area (Å²) >= 11 is 0. The topological polar surface area (TPSA) is 69.2 Å². The summed E-state index contributed by atoms with van der Waals surface area (Å²) in [6.07, 6.45) is 3.10. The molecule has 0 aliphatic heterocycles. The number of hydrogen-bond acceptors (Lipinski definition) is 6. The molecule has 0 aromatic heterocycles. The standard InChI is InChI=1S/C17H25NO5/c1-20-10-23-15-7-5-12(19)8-13(15)14-6-4-11-9-17(11,14)16(21-2)18-22-3/h5,7-8,11,14,16,18-19H,4,6,9-10H2,1-3H3/t11?,14-,16?,17+/m0/s1. The van der Waals surface area contributed by atoms with Crippen LogP contribution in [0.25, 0.3) is 0 Å². The van der Waals surface area contributed by atoms with Gasteiger partial charge < -0.3 is 24.2 Å². The number of methoxy groups -OCH3 is 2. The monoisotopic (exact) mass is 323 g/mol. The first-order valence-electron chi connectivity index (χ1n) is 7.93. The molecule has 3 rings (SSSR count). The van der Waals surface area contributed by atoms with Crippen LogP contribution in [0, 0.1) is 11.3 Å². The molecule has 6 heteroatoms. The SMILES string of the molecule is COCOc1ccc(O)cc1[C@@H]1CCC2C[C@@]21C(NOC)OC. The molecule has 2 unspecified atom stereocenters. The molecule has 0 amide bonds. The van der Waals surface area contributed by atoms with Crippen molar-refractivity contribution in [1.29, 1.82) is 0 Å². The summed E-state index contributed by atoms with van der Waals surface area (Å²) in [6.45, 7) is 0.185. The first-order valence-corrected chi connectivity index (χ1v) is 7.93. The number of phenolic OH excluding ortho intramolecular Hbond substituents is 1. The summed E-state index contributed by atoms with van der Waals surface area (Å²) in [6, 6.07) is 5.25. The second-order valence-corrected chi connectivity index (χ2v) is 6.35. The van der Waals surface area contributed by atoms with E-state index in [2.05, 4.69) is 5.48 Å². The summed E-state index contributed by atoms with van der Waals surface area (Å²) in [5, 5.41) is 9.95. The summed E-state index contributed by atoms with van der Waals surface area (Å²) < 4.78 is 16.4. The number of nitrogens with one attached hydrogen (secondary N) is 1. The Balaban J connectivity index is 1.92. The molecule has 0 saturated heterocycles. The number of rotatable bonds is 8. The van der Waals surface area contributed by atoms with Gasteiger partial charge in [-0.25, -0.2) is 0 Å². The van der Waals surface area contributed by atoms with Crippen molar-refractivity contribution in [3.05, 3.63) is 23.8 Å².